The van der Waals surface area contributed by atoms with Crippen LogP contribution in [0.25, 0.3) is 5.82 Å². The molecule has 0 aliphatic heterocycles. The van der Waals surface area contributed by atoms with Gasteiger partial charge in [0.15, 0.2) is 5.82 Å². The lowest BCUT2D eigenvalue weighted by Gasteiger charge is -2.06. The first-order chi connectivity index (χ1) is 7.72. The average molecular weight is 281 g/mol. The number of nitrogens with zero attached hydrogens (tertiary/aromatic N) is 3. The quantitative estimate of drug-likeness (QED) is 0.936. The number of hydrogen-bond acceptors (Lipinski definition) is 3. The van der Waals surface area contributed by atoms with Crippen molar-refractivity contribution in [2.75, 3.05) is 0 Å². The summed E-state index contributed by atoms with van der Waals surface area (Å²) in [5.41, 5.74) is 7.77. The number of rotatable bonds is 3. The Labute approximate surface area is 103 Å². The zero-order valence-electron chi connectivity index (χ0n) is 9.02. The van der Waals surface area contributed by atoms with Crippen LogP contribution in [0, 0.1) is 0 Å². The van der Waals surface area contributed by atoms with Crippen molar-refractivity contribution in [1.29, 1.82) is 0 Å². The van der Waals surface area contributed by atoms with Gasteiger partial charge in [0.05, 0.1) is 10.7 Å². The predicted octanol–water partition coefficient (Wildman–Crippen LogP) is 2.05. The smallest absolute Gasteiger partial charge is 0.153 e. The third-order valence-electron chi connectivity index (χ3n) is 2.31. The molecule has 2 N–H and O–H groups in total. The van der Waals surface area contributed by atoms with Gasteiger partial charge >= 0.3 is 0 Å². The third kappa shape index (κ3) is 2.31. The SMILES string of the molecule is CCc1cc(CN)cc(-n2cc(Br)cn2)n1. The first-order valence-corrected chi connectivity index (χ1v) is 5.92. The van der Waals surface area contributed by atoms with Crippen molar-refractivity contribution in [1.82, 2.24) is 14.8 Å². The first-order valence-electron chi connectivity index (χ1n) is 5.13. The van der Waals surface area contributed by atoms with E-state index in [1.165, 1.54) is 0 Å². The van der Waals surface area contributed by atoms with Crippen molar-refractivity contribution < 1.29 is 0 Å². The molecule has 5 heteroatoms. The van der Waals surface area contributed by atoms with E-state index in [0.717, 1.165) is 28.0 Å². The first kappa shape index (κ1) is 11.3. The highest BCUT2D eigenvalue weighted by molar-refractivity contribution is 9.10. The van der Waals surface area contributed by atoms with Gasteiger partial charge in [0.1, 0.15) is 0 Å². The molecule has 0 unspecified atom stereocenters. The normalized spacial score (nSPS) is 10.7. The number of hydrogen-bond donors (Lipinski definition) is 1. The maximum absolute atomic E-state index is 5.66. The monoisotopic (exact) mass is 280 g/mol. The van der Waals surface area contributed by atoms with E-state index in [0.29, 0.717) is 6.54 Å². The van der Waals surface area contributed by atoms with Crippen LogP contribution < -0.4 is 5.73 Å². The van der Waals surface area contributed by atoms with Crippen LogP contribution in [0.1, 0.15) is 18.2 Å². The van der Waals surface area contributed by atoms with Crippen molar-refractivity contribution in [3.05, 3.63) is 40.3 Å². The minimum atomic E-state index is 0.519. The summed E-state index contributed by atoms with van der Waals surface area (Å²) >= 11 is 3.36. The fourth-order valence-corrected chi connectivity index (χ4v) is 1.76. The van der Waals surface area contributed by atoms with E-state index in [1.807, 2.05) is 18.3 Å². The molecular weight excluding hydrogens is 268 g/mol. The van der Waals surface area contributed by atoms with E-state index < -0.39 is 0 Å². The summed E-state index contributed by atoms with van der Waals surface area (Å²) < 4.78 is 2.67. The molecule has 2 rings (SSSR count). The Morgan fingerprint density at radius 2 is 2.25 bits per heavy atom. The Bertz CT molecular complexity index is 470. The molecule has 0 aliphatic rings. The summed E-state index contributed by atoms with van der Waals surface area (Å²) in [4.78, 5) is 4.51. The molecule has 2 aromatic rings. The Kier molecular flexibility index (Phi) is 3.36. The maximum Gasteiger partial charge on any atom is 0.153 e. The zero-order chi connectivity index (χ0) is 11.5. The van der Waals surface area contributed by atoms with Gasteiger partial charge in [-0.25, -0.2) is 9.67 Å². The lowest BCUT2D eigenvalue weighted by Crippen LogP contribution is -2.05. The molecule has 2 aromatic heterocycles. The fraction of sp³-hybridized carbons (Fsp3) is 0.273. The molecule has 0 amide bonds. The Hall–Kier alpha value is -1.20. The van der Waals surface area contributed by atoms with Crippen molar-refractivity contribution in [2.45, 2.75) is 19.9 Å². The lowest BCUT2D eigenvalue weighted by molar-refractivity contribution is 0.825. The summed E-state index contributed by atoms with van der Waals surface area (Å²) in [6.45, 7) is 2.59. The van der Waals surface area contributed by atoms with Crippen LogP contribution in [0.2, 0.25) is 0 Å². The molecule has 0 saturated carbocycles. The highest BCUT2D eigenvalue weighted by atomic mass is 79.9. The number of aromatic nitrogens is 3. The summed E-state index contributed by atoms with van der Waals surface area (Å²) in [6.07, 6.45) is 4.51. The van der Waals surface area contributed by atoms with Crippen LogP contribution in [0.15, 0.2) is 29.0 Å². The van der Waals surface area contributed by atoms with Gasteiger partial charge in [-0.05, 0) is 40.0 Å². The molecule has 0 radical (unpaired) electrons. The molecule has 16 heavy (non-hydrogen) atoms. The van der Waals surface area contributed by atoms with Crippen LogP contribution in [-0.2, 0) is 13.0 Å². The van der Waals surface area contributed by atoms with Gasteiger partial charge in [-0.1, -0.05) is 6.92 Å². The number of nitrogens with two attached hydrogens (primary N) is 1. The molecule has 84 valence electrons. The summed E-state index contributed by atoms with van der Waals surface area (Å²) in [5, 5.41) is 4.20. The molecule has 0 fully saturated rings. The highest BCUT2D eigenvalue weighted by Crippen LogP contribution is 2.13. The van der Waals surface area contributed by atoms with Gasteiger partial charge < -0.3 is 5.73 Å². The standard InChI is InChI=1S/C11H13BrN4/c1-2-10-3-8(5-13)4-11(15-10)16-7-9(12)6-14-16/h3-4,6-7H,2,5,13H2,1H3. The number of pyridine rings is 1. The van der Waals surface area contributed by atoms with Gasteiger partial charge in [-0.2, -0.15) is 5.10 Å². The van der Waals surface area contributed by atoms with Gasteiger partial charge in [0, 0.05) is 18.4 Å². The van der Waals surface area contributed by atoms with Crippen LogP contribution in [0.3, 0.4) is 0 Å². The fourth-order valence-electron chi connectivity index (χ4n) is 1.48. The van der Waals surface area contributed by atoms with E-state index in [4.69, 9.17) is 5.73 Å². The largest absolute Gasteiger partial charge is 0.326 e. The van der Waals surface area contributed by atoms with Gasteiger partial charge in [-0.15, -0.1) is 0 Å². The van der Waals surface area contributed by atoms with E-state index in [-0.39, 0.29) is 0 Å². The van der Waals surface area contributed by atoms with Crippen molar-refractivity contribution in [2.24, 2.45) is 5.73 Å². The second-order valence-corrected chi connectivity index (χ2v) is 4.40. The summed E-state index contributed by atoms with van der Waals surface area (Å²) in [5.74, 6) is 0.811. The van der Waals surface area contributed by atoms with Crippen molar-refractivity contribution >= 4 is 15.9 Å². The Balaban J connectivity index is 2.47. The molecule has 0 aliphatic carbocycles. The minimum absolute atomic E-state index is 0.519. The minimum Gasteiger partial charge on any atom is -0.326 e. The second-order valence-electron chi connectivity index (χ2n) is 3.49. The molecule has 0 bridgehead atoms. The van der Waals surface area contributed by atoms with E-state index in [9.17, 15) is 0 Å². The van der Waals surface area contributed by atoms with E-state index >= 15 is 0 Å². The topological polar surface area (TPSA) is 56.7 Å². The molecule has 2 heterocycles. The highest BCUT2D eigenvalue weighted by Gasteiger charge is 2.04. The van der Waals surface area contributed by atoms with Crippen LogP contribution in [0.5, 0.6) is 0 Å². The molecule has 4 nitrogen and oxygen atoms in total. The maximum atomic E-state index is 5.66. The van der Waals surface area contributed by atoms with Crippen molar-refractivity contribution in [3.8, 4) is 5.82 Å². The number of halogens is 1. The lowest BCUT2D eigenvalue weighted by atomic mass is 10.2. The van der Waals surface area contributed by atoms with Gasteiger partial charge in [-0.3, -0.25) is 0 Å². The Morgan fingerprint density at radius 3 is 2.81 bits per heavy atom. The molecular formula is C11H13BrN4. The zero-order valence-corrected chi connectivity index (χ0v) is 10.6. The van der Waals surface area contributed by atoms with Crippen LogP contribution in [-0.4, -0.2) is 14.8 Å². The Morgan fingerprint density at radius 1 is 1.44 bits per heavy atom. The summed E-state index contributed by atoms with van der Waals surface area (Å²) in [6, 6.07) is 3.99. The predicted molar refractivity (Wildman–Crippen MR) is 66.3 cm³/mol. The van der Waals surface area contributed by atoms with Gasteiger partial charge in [0.2, 0.25) is 0 Å². The average Bonchev–Trinajstić information content (AvgIpc) is 2.75. The second kappa shape index (κ2) is 4.76. The van der Waals surface area contributed by atoms with Crippen LogP contribution >= 0.6 is 15.9 Å². The summed E-state index contributed by atoms with van der Waals surface area (Å²) in [7, 11) is 0. The van der Waals surface area contributed by atoms with E-state index in [1.54, 1.807) is 10.9 Å². The molecule has 0 spiro atoms. The molecule has 0 atom stereocenters. The van der Waals surface area contributed by atoms with Crippen molar-refractivity contribution in [3.63, 3.8) is 0 Å². The molecule has 0 aromatic carbocycles. The van der Waals surface area contributed by atoms with Crippen LogP contribution in [0.4, 0.5) is 0 Å². The third-order valence-corrected chi connectivity index (χ3v) is 2.72. The van der Waals surface area contributed by atoms with E-state index in [2.05, 4.69) is 32.9 Å². The number of aryl methyl sites for hydroxylation is 1. The van der Waals surface area contributed by atoms with Gasteiger partial charge in [0.25, 0.3) is 0 Å². The molecule has 0 saturated heterocycles.